The van der Waals surface area contributed by atoms with E-state index in [4.69, 9.17) is 9.47 Å². The molecule has 2 fully saturated rings. The molecule has 0 spiro atoms. The Labute approximate surface area is 222 Å². The van der Waals surface area contributed by atoms with Gasteiger partial charge in [0.15, 0.2) is 6.29 Å². The summed E-state index contributed by atoms with van der Waals surface area (Å²) in [6, 6.07) is 5.99. The predicted molar refractivity (Wildman–Crippen MR) is 137 cm³/mol. The molecule has 3 amide bonds. The van der Waals surface area contributed by atoms with Crippen molar-refractivity contribution >= 4 is 30.8 Å². The van der Waals surface area contributed by atoms with Gasteiger partial charge in [0.1, 0.15) is 18.8 Å². The first-order chi connectivity index (χ1) is 18.2. The molecule has 3 rings (SSSR count). The summed E-state index contributed by atoms with van der Waals surface area (Å²) in [7, 11) is 3.76. The zero-order valence-electron chi connectivity index (χ0n) is 21.6. The van der Waals surface area contributed by atoms with Gasteiger partial charge in [-0.3, -0.25) is 19.2 Å². The van der Waals surface area contributed by atoms with Crippen LogP contribution in [0.2, 0.25) is 6.32 Å². The number of amides is 3. The normalized spacial score (nSPS) is 24.9. The number of benzene rings is 1. The molecule has 2 aliphatic rings. The third-order valence-electron chi connectivity index (χ3n) is 6.49. The molecule has 38 heavy (non-hydrogen) atoms. The summed E-state index contributed by atoms with van der Waals surface area (Å²) in [6.45, 7) is 0.595. The Morgan fingerprint density at radius 1 is 1.13 bits per heavy atom. The monoisotopic (exact) mass is 531 g/mol. The molecule has 207 valence electrons. The minimum absolute atomic E-state index is 0.0225. The fourth-order valence-electron chi connectivity index (χ4n) is 4.18. The Morgan fingerprint density at radius 3 is 2.45 bits per heavy atom. The van der Waals surface area contributed by atoms with Gasteiger partial charge in [0.05, 0.1) is 25.2 Å². The van der Waals surface area contributed by atoms with Crippen LogP contribution >= 0.6 is 0 Å². The highest BCUT2D eigenvalue weighted by molar-refractivity contribution is 6.51. The van der Waals surface area contributed by atoms with E-state index in [1.54, 1.807) is 7.05 Å². The number of hydrogen-bond donors (Lipinski definition) is 6. The lowest BCUT2D eigenvalue weighted by molar-refractivity contribution is -0.249. The fourth-order valence-corrected chi connectivity index (χ4v) is 4.18. The second-order valence-electron chi connectivity index (χ2n) is 9.57. The van der Waals surface area contributed by atoms with Crippen molar-refractivity contribution < 1.29 is 38.9 Å². The summed E-state index contributed by atoms with van der Waals surface area (Å²) in [5.41, 5.74) is 1.21. The van der Waals surface area contributed by atoms with Gasteiger partial charge in [-0.25, -0.2) is 0 Å². The number of Topliss-reactive ketones (excluding diaryl/α,β-unsaturated/α-hetero) is 1. The molecule has 0 aromatic heterocycles. The molecule has 6 atom stereocenters. The maximum atomic E-state index is 12.5. The largest absolute Gasteiger partial charge is 0.465 e. The van der Waals surface area contributed by atoms with Crippen LogP contribution in [0.25, 0.3) is 0 Å². The van der Waals surface area contributed by atoms with Crippen molar-refractivity contribution in [2.45, 2.75) is 63.0 Å². The van der Waals surface area contributed by atoms with Crippen LogP contribution in [0, 0.1) is 5.92 Å². The van der Waals surface area contributed by atoms with Crippen LogP contribution in [0.3, 0.4) is 0 Å². The minimum atomic E-state index is -1.43. The van der Waals surface area contributed by atoms with E-state index in [0.717, 1.165) is 6.32 Å². The van der Waals surface area contributed by atoms with Gasteiger partial charge in [0.2, 0.25) is 24.0 Å². The molecule has 2 saturated heterocycles. The number of carbonyl (C=O) groups is 4. The summed E-state index contributed by atoms with van der Waals surface area (Å²) >= 11 is 0. The molecule has 0 saturated carbocycles. The standard InChI is InChI=1S/C25H36BN4O8/c1-14(32)11-28-20(33)8-7-19(27-2)24(35)29-12-21(34)30-23-16(13-31)9-22(38-25(23)36)37-17-5-3-15(4-6-17)18-10-26-18/h3-6,16,18-19,22-23,25,27,31,36H,7-13H2,1-2H3,(H,28,33)(H,29,35)(H,30,34). The first-order valence-corrected chi connectivity index (χ1v) is 12.7. The quantitative estimate of drug-likeness (QED) is 0.158. The van der Waals surface area contributed by atoms with Gasteiger partial charge < -0.3 is 41.0 Å². The van der Waals surface area contributed by atoms with E-state index >= 15 is 0 Å². The van der Waals surface area contributed by atoms with Gasteiger partial charge in [-0.1, -0.05) is 29.8 Å². The molecule has 1 radical (unpaired) electrons. The maximum Gasteiger partial charge on any atom is 0.239 e. The summed E-state index contributed by atoms with van der Waals surface area (Å²) in [4.78, 5) is 47.7. The van der Waals surface area contributed by atoms with E-state index < -0.39 is 42.4 Å². The van der Waals surface area contributed by atoms with E-state index in [2.05, 4.69) is 28.5 Å². The first kappa shape index (κ1) is 29.6. The second kappa shape index (κ2) is 14.2. The zero-order valence-corrected chi connectivity index (χ0v) is 21.6. The van der Waals surface area contributed by atoms with Crippen molar-refractivity contribution in [2.24, 2.45) is 5.92 Å². The molecule has 0 aliphatic carbocycles. The van der Waals surface area contributed by atoms with Crippen LogP contribution in [-0.2, 0) is 23.9 Å². The van der Waals surface area contributed by atoms with Gasteiger partial charge in [-0.2, -0.15) is 0 Å². The lowest BCUT2D eigenvalue weighted by atomic mass is 9.93. The Morgan fingerprint density at radius 2 is 1.84 bits per heavy atom. The molecule has 1 aromatic carbocycles. The van der Waals surface area contributed by atoms with Gasteiger partial charge in [-0.15, -0.1) is 0 Å². The van der Waals surface area contributed by atoms with Gasteiger partial charge >= 0.3 is 0 Å². The van der Waals surface area contributed by atoms with Crippen LogP contribution in [0.5, 0.6) is 5.75 Å². The SMILES string of the molecule is CNC(CCC(=O)NCC(C)=O)C(=O)NCC(=O)NC1C(CO)CC(Oc2ccc(C3[B]C3)cc2)OC1O. The van der Waals surface area contributed by atoms with Crippen molar-refractivity contribution in [1.29, 1.82) is 0 Å². The number of hydrogen-bond acceptors (Lipinski definition) is 9. The summed E-state index contributed by atoms with van der Waals surface area (Å²) < 4.78 is 11.4. The zero-order chi connectivity index (χ0) is 27.7. The van der Waals surface area contributed by atoms with E-state index in [-0.39, 0.29) is 50.6 Å². The Balaban J connectivity index is 1.43. The average molecular weight is 531 g/mol. The maximum absolute atomic E-state index is 12.5. The molecule has 6 N–H and O–H groups in total. The highest BCUT2D eigenvalue weighted by Gasteiger charge is 2.39. The van der Waals surface area contributed by atoms with Crippen molar-refractivity contribution in [1.82, 2.24) is 21.3 Å². The smallest absolute Gasteiger partial charge is 0.239 e. The van der Waals surface area contributed by atoms with Crippen LogP contribution in [0.15, 0.2) is 24.3 Å². The summed E-state index contributed by atoms with van der Waals surface area (Å²) in [6.07, 6.45) is -0.739. The van der Waals surface area contributed by atoms with Gasteiger partial charge in [0.25, 0.3) is 0 Å². The van der Waals surface area contributed by atoms with Crippen molar-refractivity contribution in [3.63, 3.8) is 0 Å². The minimum Gasteiger partial charge on any atom is -0.465 e. The molecule has 2 heterocycles. The number of carbonyl (C=O) groups excluding carboxylic acids is 4. The average Bonchev–Trinajstić information content (AvgIpc) is 3.74. The number of nitrogens with one attached hydrogen (secondary N) is 4. The summed E-state index contributed by atoms with van der Waals surface area (Å²) in [5, 5.41) is 30.7. The molecule has 12 nitrogen and oxygen atoms in total. The highest BCUT2D eigenvalue weighted by atomic mass is 16.7. The molecule has 13 heteroatoms. The third-order valence-corrected chi connectivity index (χ3v) is 6.49. The van der Waals surface area contributed by atoms with Crippen molar-refractivity contribution in [3.05, 3.63) is 29.8 Å². The van der Waals surface area contributed by atoms with Gasteiger partial charge in [0, 0.05) is 25.4 Å². The van der Waals surface area contributed by atoms with Crippen LogP contribution in [0.1, 0.15) is 37.6 Å². The molecule has 1 aromatic rings. The number of likely N-dealkylation sites (N-methyl/N-ethyl adjacent to an activating group) is 1. The second-order valence-corrected chi connectivity index (χ2v) is 9.57. The van der Waals surface area contributed by atoms with E-state index in [1.807, 2.05) is 24.3 Å². The molecule has 0 bridgehead atoms. The molecular formula is C25H36BN4O8. The topological polar surface area (TPSA) is 175 Å². The highest BCUT2D eigenvalue weighted by Crippen LogP contribution is 2.33. The Bertz CT molecular complexity index is 975. The first-order valence-electron chi connectivity index (χ1n) is 12.7. The van der Waals surface area contributed by atoms with Crippen molar-refractivity contribution in [3.8, 4) is 5.75 Å². The van der Waals surface area contributed by atoms with Gasteiger partial charge in [-0.05, 0) is 32.5 Å². The number of ketones is 1. The Hall–Kier alpha value is -3.00. The number of ether oxygens (including phenoxy) is 2. The third kappa shape index (κ3) is 9.08. The van der Waals surface area contributed by atoms with E-state index in [1.165, 1.54) is 12.5 Å². The van der Waals surface area contributed by atoms with Crippen LogP contribution in [-0.4, -0.2) is 92.4 Å². The number of aliphatic hydroxyl groups excluding tert-OH is 2. The van der Waals surface area contributed by atoms with Crippen molar-refractivity contribution in [2.75, 3.05) is 26.7 Å². The molecule has 2 aliphatic heterocycles. The number of aliphatic hydroxyl groups is 2. The predicted octanol–water partition coefficient (Wildman–Crippen LogP) is -1.41. The van der Waals surface area contributed by atoms with Crippen LogP contribution < -0.4 is 26.0 Å². The lowest BCUT2D eigenvalue weighted by Gasteiger charge is -2.39. The lowest BCUT2D eigenvalue weighted by Crippen LogP contribution is -2.58. The summed E-state index contributed by atoms with van der Waals surface area (Å²) in [5.74, 6) is -1.07. The molecular weight excluding hydrogens is 495 g/mol. The van der Waals surface area contributed by atoms with E-state index in [0.29, 0.717) is 11.6 Å². The van der Waals surface area contributed by atoms with E-state index in [9.17, 15) is 29.4 Å². The Kier molecular flexibility index (Phi) is 11.1. The number of rotatable bonds is 14. The van der Waals surface area contributed by atoms with Crippen LogP contribution in [0.4, 0.5) is 0 Å². The fraction of sp³-hybridized carbons (Fsp3) is 0.600. The molecule has 6 unspecified atom stereocenters.